The molecule has 0 saturated heterocycles. The Labute approximate surface area is 158 Å². The van der Waals surface area contributed by atoms with Crippen molar-refractivity contribution in [3.8, 4) is 11.8 Å². The maximum absolute atomic E-state index is 11.7. The number of hydrogen-bond donors (Lipinski definition) is 2. The van der Waals surface area contributed by atoms with Crippen LogP contribution in [0, 0.1) is 11.8 Å². The summed E-state index contributed by atoms with van der Waals surface area (Å²) < 4.78 is 24.0. The molecule has 2 rings (SSSR count). The van der Waals surface area contributed by atoms with E-state index in [1.807, 2.05) is 29.0 Å². The molecule has 0 aromatic heterocycles. The summed E-state index contributed by atoms with van der Waals surface area (Å²) in [6, 6.07) is 14.2. The fourth-order valence-electron chi connectivity index (χ4n) is 2.09. The summed E-state index contributed by atoms with van der Waals surface area (Å²) in [4.78, 5) is 11.7. The van der Waals surface area contributed by atoms with E-state index in [9.17, 15) is 13.2 Å². The summed E-state index contributed by atoms with van der Waals surface area (Å²) in [6.07, 6.45) is 2.31. The number of amides is 1. The van der Waals surface area contributed by atoms with Gasteiger partial charge in [-0.25, -0.2) is 13.1 Å². The highest BCUT2D eigenvalue weighted by molar-refractivity contribution is 7.89. The quantitative estimate of drug-likeness (QED) is 0.587. The normalized spacial score (nSPS) is 10.5. The molecule has 5 nitrogen and oxygen atoms in total. The Bertz CT molecular complexity index is 912. The van der Waals surface area contributed by atoms with Crippen molar-refractivity contribution < 1.29 is 13.2 Å². The van der Waals surface area contributed by atoms with E-state index < -0.39 is 15.9 Å². The summed E-state index contributed by atoms with van der Waals surface area (Å²) in [6.45, 7) is 0.669. The van der Waals surface area contributed by atoms with E-state index in [0.717, 1.165) is 17.5 Å². The van der Waals surface area contributed by atoms with Crippen molar-refractivity contribution in [2.24, 2.45) is 0 Å². The van der Waals surface area contributed by atoms with Crippen LogP contribution in [0.25, 0.3) is 0 Å². The van der Waals surface area contributed by atoms with Crippen molar-refractivity contribution in [3.63, 3.8) is 0 Å². The Kier molecular flexibility index (Phi) is 7.07. The third kappa shape index (κ3) is 7.18. The molecule has 0 radical (unpaired) electrons. The van der Waals surface area contributed by atoms with Gasteiger partial charge in [0.05, 0.1) is 6.26 Å². The van der Waals surface area contributed by atoms with E-state index in [1.165, 1.54) is 0 Å². The second-order valence-corrected chi connectivity index (χ2v) is 7.80. The van der Waals surface area contributed by atoms with Crippen molar-refractivity contribution in [1.29, 1.82) is 0 Å². The van der Waals surface area contributed by atoms with Gasteiger partial charge < -0.3 is 5.32 Å². The zero-order chi connectivity index (χ0) is 19.0. The molecule has 1 amide bonds. The lowest BCUT2D eigenvalue weighted by atomic mass is 10.1. The van der Waals surface area contributed by atoms with Crippen LogP contribution in [0.5, 0.6) is 0 Å². The van der Waals surface area contributed by atoms with Crippen molar-refractivity contribution in [3.05, 3.63) is 64.7 Å². The number of anilines is 1. The Hall–Kier alpha value is -2.49. The van der Waals surface area contributed by atoms with E-state index in [0.29, 0.717) is 24.4 Å². The minimum atomic E-state index is -3.56. The van der Waals surface area contributed by atoms with Crippen molar-refractivity contribution in [1.82, 2.24) is 4.72 Å². The first-order valence-electron chi connectivity index (χ1n) is 7.90. The molecule has 0 atom stereocenters. The third-order valence-electron chi connectivity index (χ3n) is 3.34. The second kappa shape index (κ2) is 9.27. The van der Waals surface area contributed by atoms with Crippen LogP contribution in [-0.2, 0) is 16.4 Å². The van der Waals surface area contributed by atoms with Crippen LogP contribution in [0.15, 0.2) is 48.5 Å². The van der Waals surface area contributed by atoms with E-state index in [1.54, 1.807) is 24.3 Å². The van der Waals surface area contributed by atoms with Crippen LogP contribution in [0.3, 0.4) is 0 Å². The van der Waals surface area contributed by atoms with E-state index in [2.05, 4.69) is 17.2 Å². The minimum Gasteiger partial charge on any atom is -0.384 e. The number of hydrogen-bond acceptors (Lipinski definition) is 4. The largest absolute Gasteiger partial charge is 0.384 e. The van der Waals surface area contributed by atoms with Gasteiger partial charge in [-0.3, -0.25) is 4.79 Å². The predicted molar refractivity (Wildman–Crippen MR) is 105 cm³/mol. The van der Waals surface area contributed by atoms with Crippen molar-refractivity contribution in [2.45, 2.75) is 12.8 Å². The van der Waals surface area contributed by atoms with Crippen LogP contribution < -0.4 is 10.0 Å². The summed E-state index contributed by atoms with van der Waals surface area (Å²) in [5, 5.41) is 3.91. The number of benzene rings is 2. The number of nitrogens with one attached hydrogen (secondary N) is 2. The number of carbonyl (C=O) groups is 1. The summed E-state index contributed by atoms with van der Waals surface area (Å²) in [5.74, 6) is 5.56. The van der Waals surface area contributed by atoms with Gasteiger partial charge in [-0.15, -0.1) is 5.92 Å². The van der Waals surface area contributed by atoms with Crippen molar-refractivity contribution >= 4 is 33.2 Å². The first kappa shape index (κ1) is 19.8. The van der Waals surface area contributed by atoms with Crippen LogP contribution in [0.2, 0.25) is 5.02 Å². The molecule has 0 aliphatic heterocycles. The highest BCUT2D eigenvalue weighted by Crippen LogP contribution is 2.10. The van der Waals surface area contributed by atoms with Crippen LogP contribution in [0.4, 0.5) is 5.69 Å². The Morgan fingerprint density at radius 3 is 2.31 bits per heavy atom. The van der Waals surface area contributed by atoms with Gasteiger partial charge in [0.2, 0.25) is 10.0 Å². The lowest BCUT2D eigenvalue weighted by molar-refractivity contribution is 0.0981. The summed E-state index contributed by atoms with van der Waals surface area (Å²) in [7, 11) is -3.56. The highest BCUT2D eigenvalue weighted by Gasteiger charge is 2.10. The summed E-state index contributed by atoms with van der Waals surface area (Å²) in [5.41, 5.74) is 2.24. The fourth-order valence-corrected chi connectivity index (χ4v) is 2.67. The third-order valence-corrected chi connectivity index (χ3v) is 4.14. The van der Waals surface area contributed by atoms with Gasteiger partial charge in [0.1, 0.15) is 0 Å². The van der Waals surface area contributed by atoms with Crippen LogP contribution >= 0.6 is 11.6 Å². The molecule has 0 aliphatic carbocycles. The lowest BCUT2D eigenvalue weighted by Gasteiger charge is -2.06. The Morgan fingerprint density at radius 1 is 1.04 bits per heavy atom. The van der Waals surface area contributed by atoms with E-state index in [-0.39, 0.29) is 5.56 Å². The molecule has 0 aliphatic rings. The average molecular weight is 391 g/mol. The predicted octanol–water partition coefficient (Wildman–Crippen LogP) is 3.08. The molecule has 26 heavy (non-hydrogen) atoms. The number of halogens is 1. The molecule has 0 unspecified atom stereocenters. The average Bonchev–Trinajstić information content (AvgIpc) is 2.58. The first-order valence-corrected chi connectivity index (χ1v) is 10.2. The Morgan fingerprint density at radius 2 is 1.69 bits per heavy atom. The van der Waals surface area contributed by atoms with Crippen LogP contribution in [-0.4, -0.2) is 27.1 Å². The van der Waals surface area contributed by atoms with Gasteiger partial charge in [0, 0.05) is 35.7 Å². The zero-order valence-electron chi connectivity index (χ0n) is 14.3. The molecule has 2 aromatic carbocycles. The van der Waals surface area contributed by atoms with Gasteiger partial charge in [-0.2, -0.15) is 0 Å². The van der Waals surface area contributed by atoms with Gasteiger partial charge in [-0.05, 0) is 42.0 Å². The molecule has 0 bridgehead atoms. The van der Waals surface area contributed by atoms with Gasteiger partial charge in [-0.1, -0.05) is 29.7 Å². The fraction of sp³-hybridized carbons (Fsp3) is 0.211. The molecule has 0 spiro atoms. The standard InChI is InChI=1S/C19H19ClN2O3S/c1-26(24,25)22-19(23)16-8-12-18(13-9-16)21-14-4-2-3-5-15-6-10-17(20)11-7-15/h6-13,21H,4-5,14H2,1H3,(H,22,23). The Balaban J connectivity index is 1.75. The maximum Gasteiger partial charge on any atom is 0.264 e. The monoisotopic (exact) mass is 390 g/mol. The number of carbonyl (C=O) groups excluding carboxylic acids is 1. The van der Waals surface area contributed by atoms with Gasteiger partial charge in [0.25, 0.3) is 5.91 Å². The summed E-state index contributed by atoms with van der Waals surface area (Å²) >= 11 is 5.83. The lowest BCUT2D eigenvalue weighted by Crippen LogP contribution is -2.29. The molecule has 0 heterocycles. The first-order chi connectivity index (χ1) is 12.3. The molecule has 7 heteroatoms. The number of sulfonamides is 1. The zero-order valence-corrected chi connectivity index (χ0v) is 15.8. The molecule has 0 fully saturated rings. The van der Waals surface area contributed by atoms with Gasteiger partial charge in [0.15, 0.2) is 0 Å². The van der Waals surface area contributed by atoms with Crippen LogP contribution in [0.1, 0.15) is 22.3 Å². The number of rotatable bonds is 6. The van der Waals surface area contributed by atoms with Crippen molar-refractivity contribution in [2.75, 3.05) is 18.1 Å². The highest BCUT2D eigenvalue weighted by atomic mass is 35.5. The molecule has 0 saturated carbocycles. The minimum absolute atomic E-state index is 0.281. The molecular weight excluding hydrogens is 372 g/mol. The maximum atomic E-state index is 11.7. The second-order valence-electron chi connectivity index (χ2n) is 5.61. The smallest absolute Gasteiger partial charge is 0.264 e. The molecule has 2 aromatic rings. The molecule has 2 N–H and O–H groups in total. The molecule has 136 valence electrons. The van der Waals surface area contributed by atoms with Gasteiger partial charge >= 0.3 is 0 Å². The topological polar surface area (TPSA) is 75.3 Å². The molecular formula is C19H19ClN2O3S. The van der Waals surface area contributed by atoms with E-state index in [4.69, 9.17) is 11.6 Å². The van der Waals surface area contributed by atoms with E-state index >= 15 is 0 Å². The SMILES string of the molecule is CS(=O)(=O)NC(=O)c1ccc(NCCC#CCc2ccc(Cl)cc2)cc1.